The molecule has 3 aromatic rings. The number of rotatable bonds is 7. The van der Waals surface area contributed by atoms with Crippen LogP contribution in [0.25, 0.3) is 6.08 Å². The quantitative estimate of drug-likeness (QED) is 0.202. The van der Waals surface area contributed by atoms with E-state index in [0.717, 1.165) is 26.5 Å². The van der Waals surface area contributed by atoms with E-state index in [1.807, 2.05) is 36.4 Å². The number of ether oxygens (including phenoxy) is 2. The molecule has 3 aromatic carbocycles. The van der Waals surface area contributed by atoms with Gasteiger partial charge in [-0.1, -0.05) is 59.6 Å². The molecule has 5 nitrogen and oxygen atoms in total. The zero-order valence-electron chi connectivity index (χ0n) is 17.9. The lowest BCUT2D eigenvalue weighted by atomic mass is 10.1. The molecule has 0 unspecified atom stereocenters. The number of nitrogens with zero attached hydrogens (tertiary/aromatic N) is 1. The highest BCUT2D eigenvalue weighted by atomic mass is 127. The van der Waals surface area contributed by atoms with Crippen LogP contribution in [0.4, 0.5) is 4.79 Å². The molecule has 0 aliphatic carbocycles. The number of amides is 2. The summed E-state index contributed by atoms with van der Waals surface area (Å²) in [5.41, 5.74) is 2.29. The van der Waals surface area contributed by atoms with Crippen molar-refractivity contribution in [2.45, 2.75) is 13.2 Å². The number of methoxy groups -OCH3 is 1. The number of benzene rings is 3. The zero-order valence-corrected chi connectivity index (χ0v) is 22.4. The highest BCUT2D eigenvalue weighted by Crippen LogP contribution is 2.38. The lowest BCUT2D eigenvalue weighted by Gasteiger charge is -2.14. The van der Waals surface area contributed by atoms with E-state index in [4.69, 9.17) is 32.7 Å². The van der Waals surface area contributed by atoms with E-state index in [0.29, 0.717) is 32.0 Å². The molecule has 1 aliphatic rings. The summed E-state index contributed by atoms with van der Waals surface area (Å²) in [7, 11) is 1.55. The molecule has 4 rings (SSSR count). The lowest BCUT2D eigenvalue weighted by molar-refractivity contribution is -0.123. The Labute approximate surface area is 225 Å². The maximum absolute atomic E-state index is 12.9. The molecular weight excluding hydrogens is 608 g/mol. The minimum atomic E-state index is -0.358. The Morgan fingerprint density at radius 1 is 1.00 bits per heavy atom. The molecule has 174 valence electrons. The van der Waals surface area contributed by atoms with Crippen LogP contribution in [0.3, 0.4) is 0 Å². The van der Waals surface area contributed by atoms with Crippen molar-refractivity contribution < 1.29 is 19.1 Å². The van der Waals surface area contributed by atoms with Gasteiger partial charge in [0, 0.05) is 15.6 Å². The summed E-state index contributed by atoms with van der Waals surface area (Å²) < 4.78 is 12.3. The van der Waals surface area contributed by atoms with Crippen LogP contribution in [-0.2, 0) is 17.9 Å². The minimum Gasteiger partial charge on any atom is -0.493 e. The standard InChI is InChI=1S/C25H18Cl2INO4S/c1-32-21-11-15(10-20(28)23(21)33-14-17-7-3-5-9-19(17)27)12-22-24(30)29(25(31)34-22)13-16-6-2-4-8-18(16)26/h2-12H,13-14H2,1H3/b22-12-. The van der Waals surface area contributed by atoms with Gasteiger partial charge in [0.2, 0.25) is 0 Å². The Hall–Kier alpha value is -2.20. The molecule has 9 heteroatoms. The molecule has 1 fully saturated rings. The second kappa shape index (κ2) is 11.0. The van der Waals surface area contributed by atoms with E-state index in [9.17, 15) is 9.59 Å². The van der Waals surface area contributed by atoms with Gasteiger partial charge >= 0.3 is 0 Å². The molecule has 0 saturated carbocycles. The number of hydrogen-bond donors (Lipinski definition) is 0. The van der Waals surface area contributed by atoms with Crippen molar-refractivity contribution in [1.29, 1.82) is 0 Å². The zero-order chi connectivity index (χ0) is 24.2. The highest BCUT2D eigenvalue weighted by Gasteiger charge is 2.35. The molecule has 34 heavy (non-hydrogen) atoms. The Kier molecular flexibility index (Phi) is 8.08. The first-order valence-electron chi connectivity index (χ1n) is 10.1. The van der Waals surface area contributed by atoms with Crippen LogP contribution in [0.5, 0.6) is 11.5 Å². The summed E-state index contributed by atoms with van der Waals surface area (Å²) >= 11 is 15.5. The van der Waals surface area contributed by atoms with Crippen molar-refractivity contribution in [3.05, 3.63) is 95.9 Å². The summed E-state index contributed by atoms with van der Waals surface area (Å²) in [6.07, 6.45) is 1.68. The summed E-state index contributed by atoms with van der Waals surface area (Å²) in [5.74, 6) is 0.732. The van der Waals surface area contributed by atoms with E-state index < -0.39 is 0 Å². The van der Waals surface area contributed by atoms with Gasteiger partial charge in [-0.15, -0.1) is 0 Å². The number of carbonyl (C=O) groups excluding carboxylic acids is 2. The summed E-state index contributed by atoms with van der Waals surface area (Å²) in [6.45, 7) is 0.406. The number of imide groups is 1. The first-order valence-corrected chi connectivity index (χ1v) is 12.7. The molecule has 1 heterocycles. The lowest BCUT2D eigenvalue weighted by Crippen LogP contribution is -2.27. The van der Waals surface area contributed by atoms with Gasteiger partial charge in [0.25, 0.3) is 11.1 Å². The van der Waals surface area contributed by atoms with Crippen LogP contribution in [0.2, 0.25) is 10.0 Å². The average molecular weight is 626 g/mol. The van der Waals surface area contributed by atoms with Crippen LogP contribution >= 0.6 is 57.6 Å². The second-order valence-corrected chi connectivity index (χ2v) is 10.2. The van der Waals surface area contributed by atoms with Crippen LogP contribution in [0.1, 0.15) is 16.7 Å². The number of halogens is 3. The third kappa shape index (κ3) is 5.54. The molecule has 0 aromatic heterocycles. The predicted octanol–water partition coefficient (Wildman–Crippen LogP) is 7.42. The summed E-state index contributed by atoms with van der Waals surface area (Å²) in [6, 6.07) is 18.3. The fourth-order valence-electron chi connectivity index (χ4n) is 3.31. The average Bonchev–Trinajstić information content (AvgIpc) is 3.07. The Morgan fingerprint density at radius 3 is 2.29 bits per heavy atom. The van der Waals surface area contributed by atoms with Crippen molar-refractivity contribution in [2.24, 2.45) is 0 Å². The van der Waals surface area contributed by atoms with Gasteiger partial charge in [-0.05, 0) is 75.8 Å². The first kappa shape index (κ1) is 24.9. The molecule has 0 N–H and O–H groups in total. The van der Waals surface area contributed by atoms with Crippen molar-refractivity contribution in [3.63, 3.8) is 0 Å². The molecular formula is C25H18Cl2INO4S. The summed E-state index contributed by atoms with van der Waals surface area (Å²) in [5, 5.41) is 0.801. The van der Waals surface area contributed by atoms with Gasteiger partial charge in [0.05, 0.1) is 22.1 Å². The van der Waals surface area contributed by atoms with Crippen molar-refractivity contribution in [1.82, 2.24) is 4.90 Å². The van der Waals surface area contributed by atoms with Crippen LogP contribution in [-0.4, -0.2) is 23.2 Å². The van der Waals surface area contributed by atoms with E-state index in [-0.39, 0.29) is 24.3 Å². The normalized spacial score (nSPS) is 14.7. The highest BCUT2D eigenvalue weighted by molar-refractivity contribution is 14.1. The molecule has 2 amide bonds. The topological polar surface area (TPSA) is 55.8 Å². The fourth-order valence-corrected chi connectivity index (χ4v) is 5.32. The van der Waals surface area contributed by atoms with Crippen LogP contribution < -0.4 is 9.47 Å². The maximum atomic E-state index is 12.9. The van der Waals surface area contributed by atoms with Crippen LogP contribution in [0.15, 0.2) is 65.6 Å². The monoisotopic (exact) mass is 625 g/mol. The Morgan fingerprint density at radius 2 is 1.65 bits per heavy atom. The Balaban J connectivity index is 1.55. The number of hydrogen-bond acceptors (Lipinski definition) is 5. The van der Waals surface area contributed by atoms with Gasteiger partial charge in [0.15, 0.2) is 11.5 Å². The van der Waals surface area contributed by atoms with E-state index in [2.05, 4.69) is 22.6 Å². The SMILES string of the molecule is COc1cc(/C=C2\SC(=O)N(Cc3ccccc3Cl)C2=O)cc(I)c1OCc1ccccc1Cl. The van der Waals surface area contributed by atoms with E-state index in [1.54, 1.807) is 37.5 Å². The number of thioether (sulfide) groups is 1. The molecule has 1 saturated heterocycles. The van der Waals surface area contributed by atoms with Gasteiger partial charge in [0.1, 0.15) is 6.61 Å². The second-order valence-electron chi connectivity index (χ2n) is 7.27. The van der Waals surface area contributed by atoms with E-state index in [1.165, 1.54) is 4.90 Å². The molecule has 0 bridgehead atoms. The van der Waals surface area contributed by atoms with Crippen molar-refractivity contribution >= 4 is 74.8 Å². The van der Waals surface area contributed by atoms with Gasteiger partial charge < -0.3 is 9.47 Å². The smallest absolute Gasteiger partial charge is 0.293 e. The maximum Gasteiger partial charge on any atom is 0.293 e. The van der Waals surface area contributed by atoms with Gasteiger partial charge in [-0.2, -0.15) is 0 Å². The van der Waals surface area contributed by atoms with E-state index >= 15 is 0 Å². The molecule has 0 radical (unpaired) electrons. The molecule has 1 aliphatic heterocycles. The Bertz CT molecular complexity index is 1300. The first-order chi connectivity index (χ1) is 16.4. The fraction of sp³-hybridized carbons (Fsp3) is 0.120. The third-order valence-corrected chi connectivity index (χ3v) is 7.49. The van der Waals surface area contributed by atoms with Crippen molar-refractivity contribution in [2.75, 3.05) is 7.11 Å². The van der Waals surface area contributed by atoms with Gasteiger partial charge in [-0.25, -0.2) is 0 Å². The molecule has 0 spiro atoms. The predicted molar refractivity (Wildman–Crippen MR) is 144 cm³/mol. The van der Waals surface area contributed by atoms with Gasteiger partial charge in [-0.3, -0.25) is 14.5 Å². The summed E-state index contributed by atoms with van der Waals surface area (Å²) in [4.78, 5) is 27.0. The minimum absolute atomic E-state index is 0.122. The largest absolute Gasteiger partial charge is 0.493 e. The van der Waals surface area contributed by atoms with Crippen LogP contribution in [0, 0.1) is 3.57 Å². The third-order valence-electron chi connectivity index (χ3n) is 5.04. The molecule has 0 atom stereocenters. The van der Waals surface area contributed by atoms with Crippen molar-refractivity contribution in [3.8, 4) is 11.5 Å². The number of carbonyl (C=O) groups is 2.